The number of pyridine rings is 1. The molecule has 0 fully saturated rings. The van der Waals surface area contributed by atoms with Crippen LogP contribution in [0.2, 0.25) is 0 Å². The van der Waals surface area contributed by atoms with E-state index in [4.69, 9.17) is 9.47 Å². The predicted octanol–water partition coefficient (Wildman–Crippen LogP) is 3.50. The van der Waals surface area contributed by atoms with Crippen molar-refractivity contribution in [1.82, 2.24) is 4.98 Å². The summed E-state index contributed by atoms with van der Waals surface area (Å²) in [6.07, 6.45) is 1.22. The Morgan fingerprint density at radius 2 is 1.56 bits per heavy atom. The van der Waals surface area contributed by atoms with Crippen LogP contribution in [0.5, 0.6) is 11.5 Å². The number of nitrogens with one attached hydrogen (secondary N) is 1. The maximum absolute atomic E-state index is 13.0. The molecule has 0 aliphatic carbocycles. The van der Waals surface area contributed by atoms with Gasteiger partial charge < -0.3 is 14.5 Å². The molecule has 0 unspecified atom stereocenters. The second-order valence-corrected chi connectivity index (χ2v) is 8.38. The molecule has 1 N–H and O–H groups in total. The van der Waals surface area contributed by atoms with E-state index >= 15 is 0 Å². The van der Waals surface area contributed by atoms with Gasteiger partial charge in [-0.2, -0.15) is 0 Å². The van der Waals surface area contributed by atoms with Gasteiger partial charge in [-0.1, -0.05) is 26.0 Å². The Kier molecular flexibility index (Phi) is 4.97. The summed E-state index contributed by atoms with van der Waals surface area (Å²) in [4.78, 5) is 15.5. The third-order valence-electron chi connectivity index (χ3n) is 4.50. The summed E-state index contributed by atoms with van der Waals surface area (Å²) in [7, 11) is -1.01. The van der Waals surface area contributed by atoms with Crippen molar-refractivity contribution in [3.05, 3.63) is 58.4 Å². The number of methoxy groups -OCH3 is 2. The zero-order valence-corrected chi connectivity index (χ0v) is 16.4. The van der Waals surface area contributed by atoms with Gasteiger partial charge in [0.15, 0.2) is 11.5 Å². The molecular weight excluding hydrogens is 366 g/mol. The highest BCUT2D eigenvalue weighted by molar-refractivity contribution is 7.91. The first kappa shape index (κ1) is 19.0. The maximum atomic E-state index is 13.0. The van der Waals surface area contributed by atoms with Crippen molar-refractivity contribution in [2.75, 3.05) is 14.2 Å². The van der Waals surface area contributed by atoms with Crippen LogP contribution in [0, 0.1) is 0 Å². The fraction of sp³-hybridized carbons (Fsp3) is 0.250. The molecule has 27 heavy (non-hydrogen) atoms. The number of H-pyrrole nitrogens is 1. The highest BCUT2D eigenvalue weighted by Gasteiger charge is 2.23. The second kappa shape index (κ2) is 7.08. The molecule has 0 saturated heterocycles. The first-order chi connectivity index (χ1) is 12.8. The van der Waals surface area contributed by atoms with Gasteiger partial charge in [-0.3, -0.25) is 4.79 Å². The van der Waals surface area contributed by atoms with Gasteiger partial charge in [0.2, 0.25) is 15.3 Å². The standard InChI is InChI=1S/C20H21NO5S/c1-12(2)13-5-7-14(8-6-13)27(23,24)19-11-21-16-10-18(26-4)17(25-3)9-15(16)20(19)22/h5-12H,1-4H3,(H,21,22). The lowest BCUT2D eigenvalue weighted by molar-refractivity contribution is 0.355. The Hall–Kier alpha value is -2.80. The van der Waals surface area contributed by atoms with Gasteiger partial charge in [0.1, 0.15) is 4.90 Å². The molecule has 0 aliphatic rings. The van der Waals surface area contributed by atoms with E-state index in [2.05, 4.69) is 4.98 Å². The van der Waals surface area contributed by atoms with Crippen LogP contribution in [-0.2, 0) is 9.84 Å². The molecule has 6 nitrogen and oxygen atoms in total. The Labute approximate surface area is 157 Å². The molecule has 0 radical (unpaired) electrons. The van der Waals surface area contributed by atoms with Crippen molar-refractivity contribution < 1.29 is 17.9 Å². The molecule has 142 valence electrons. The minimum absolute atomic E-state index is 0.0808. The summed E-state index contributed by atoms with van der Waals surface area (Å²) in [5, 5.41) is 0.215. The molecule has 3 aromatic rings. The number of benzene rings is 2. The fourth-order valence-corrected chi connectivity index (χ4v) is 4.20. The van der Waals surface area contributed by atoms with E-state index in [0.29, 0.717) is 17.0 Å². The van der Waals surface area contributed by atoms with E-state index in [0.717, 1.165) is 5.56 Å². The highest BCUT2D eigenvalue weighted by Crippen LogP contribution is 2.31. The van der Waals surface area contributed by atoms with Crippen LogP contribution in [-0.4, -0.2) is 27.6 Å². The Morgan fingerprint density at radius 1 is 0.963 bits per heavy atom. The summed E-state index contributed by atoms with van der Waals surface area (Å²) in [6, 6.07) is 9.67. The van der Waals surface area contributed by atoms with E-state index in [-0.39, 0.29) is 21.1 Å². The number of fused-ring (bicyclic) bond motifs is 1. The van der Waals surface area contributed by atoms with E-state index in [9.17, 15) is 13.2 Å². The lowest BCUT2D eigenvalue weighted by Crippen LogP contribution is -2.16. The molecule has 7 heteroatoms. The number of ether oxygens (including phenoxy) is 2. The van der Waals surface area contributed by atoms with Gasteiger partial charge in [-0.05, 0) is 29.7 Å². The summed E-state index contributed by atoms with van der Waals surface area (Å²) >= 11 is 0. The van der Waals surface area contributed by atoms with E-state index in [1.54, 1.807) is 18.2 Å². The van der Waals surface area contributed by atoms with E-state index in [1.165, 1.54) is 38.6 Å². The number of rotatable bonds is 5. The highest BCUT2D eigenvalue weighted by atomic mass is 32.2. The first-order valence-corrected chi connectivity index (χ1v) is 9.90. The average molecular weight is 387 g/mol. The summed E-state index contributed by atoms with van der Waals surface area (Å²) in [6.45, 7) is 4.05. The van der Waals surface area contributed by atoms with E-state index < -0.39 is 15.3 Å². The van der Waals surface area contributed by atoms with Gasteiger partial charge in [-0.15, -0.1) is 0 Å². The van der Waals surface area contributed by atoms with Crippen molar-refractivity contribution in [2.24, 2.45) is 0 Å². The molecule has 0 amide bonds. The quantitative estimate of drug-likeness (QED) is 0.724. The summed E-state index contributed by atoms with van der Waals surface area (Å²) < 4.78 is 36.4. The number of sulfone groups is 1. The van der Waals surface area contributed by atoms with Gasteiger partial charge in [0, 0.05) is 12.3 Å². The molecule has 1 aromatic heterocycles. The number of aromatic nitrogens is 1. The molecule has 0 aliphatic heterocycles. The molecule has 0 saturated carbocycles. The van der Waals surface area contributed by atoms with Crippen molar-refractivity contribution in [3.8, 4) is 11.5 Å². The maximum Gasteiger partial charge on any atom is 0.211 e. The van der Waals surface area contributed by atoms with Gasteiger partial charge in [0.25, 0.3) is 0 Å². The molecule has 1 heterocycles. The zero-order valence-electron chi connectivity index (χ0n) is 15.6. The second-order valence-electron chi connectivity index (χ2n) is 6.46. The lowest BCUT2D eigenvalue weighted by Gasteiger charge is -2.11. The van der Waals surface area contributed by atoms with Crippen LogP contribution in [0.4, 0.5) is 0 Å². The number of aromatic amines is 1. The monoisotopic (exact) mass is 387 g/mol. The van der Waals surface area contributed by atoms with Gasteiger partial charge in [-0.25, -0.2) is 8.42 Å². The minimum atomic E-state index is -3.95. The molecule has 0 spiro atoms. The van der Waals surface area contributed by atoms with Crippen LogP contribution >= 0.6 is 0 Å². The van der Waals surface area contributed by atoms with Crippen molar-refractivity contribution in [3.63, 3.8) is 0 Å². The largest absolute Gasteiger partial charge is 0.493 e. The van der Waals surface area contributed by atoms with Crippen molar-refractivity contribution in [1.29, 1.82) is 0 Å². The molecule has 2 aromatic carbocycles. The number of hydrogen-bond donors (Lipinski definition) is 1. The Morgan fingerprint density at radius 3 is 2.11 bits per heavy atom. The molecule has 0 atom stereocenters. The summed E-state index contributed by atoms with van der Waals surface area (Å²) in [5.74, 6) is 1.08. The fourth-order valence-electron chi connectivity index (χ4n) is 2.89. The van der Waals surface area contributed by atoms with Crippen LogP contribution in [0.15, 0.2) is 57.2 Å². The Bertz CT molecular complexity index is 1150. The minimum Gasteiger partial charge on any atom is -0.493 e. The molecular formula is C20H21NO5S. The SMILES string of the molecule is COc1cc2[nH]cc(S(=O)(=O)c3ccc(C(C)C)cc3)c(=O)c2cc1OC. The predicted molar refractivity (Wildman–Crippen MR) is 104 cm³/mol. The third kappa shape index (κ3) is 3.30. The van der Waals surface area contributed by atoms with Gasteiger partial charge in [0.05, 0.1) is 30.0 Å². The molecule has 0 bridgehead atoms. The van der Waals surface area contributed by atoms with E-state index in [1.807, 2.05) is 13.8 Å². The average Bonchev–Trinajstić information content (AvgIpc) is 2.67. The third-order valence-corrected chi connectivity index (χ3v) is 6.27. The zero-order chi connectivity index (χ0) is 19.8. The number of hydrogen-bond acceptors (Lipinski definition) is 5. The van der Waals surface area contributed by atoms with Crippen molar-refractivity contribution >= 4 is 20.7 Å². The Balaban J connectivity index is 2.18. The smallest absolute Gasteiger partial charge is 0.211 e. The topological polar surface area (TPSA) is 85.5 Å². The van der Waals surface area contributed by atoms with Crippen LogP contribution in [0.1, 0.15) is 25.3 Å². The first-order valence-electron chi connectivity index (χ1n) is 8.42. The van der Waals surface area contributed by atoms with Crippen molar-refractivity contribution in [2.45, 2.75) is 29.6 Å². The molecule has 3 rings (SSSR count). The van der Waals surface area contributed by atoms with Gasteiger partial charge >= 0.3 is 0 Å². The van der Waals surface area contributed by atoms with Crippen LogP contribution < -0.4 is 14.9 Å². The van der Waals surface area contributed by atoms with Crippen LogP contribution in [0.3, 0.4) is 0 Å². The normalized spacial score (nSPS) is 11.7. The lowest BCUT2D eigenvalue weighted by atomic mass is 10.0. The summed E-state index contributed by atoms with van der Waals surface area (Å²) in [5.41, 5.74) is 0.905. The van der Waals surface area contributed by atoms with Crippen LogP contribution in [0.25, 0.3) is 10.9 Å².